The van der Waals surface area contributed by atoms with E-state index >= 15 is 0 Å². The van der Waals surface area contributed by atoms with Gasteiger partial charge in [0.25, 0.3) is 5.91 Å². The Balaban J connectivity index is 1.71. The number of anilines is 3. The number of nitrogens with zero attached hydrogens (tertiary/aromatic N) is 1. The third kappa shape index (κ3) is 4.76. The molecule has 0 aliphatic rings. The summed E-state index contributed by atoms with van der Waals surface area (Å²) in [5.41, 5.74) is 3.17. The Morgan fingerprint density at radius 1 is 0.862 bits per heavy atom. The van der Waals surface area contributed by atoms with Gasteiger partial charge in [-0.2, -0.15) is 0 Å². The Hall–Kier alpha value is -3.74. The van der Waals surface area contributed by atoms with Gasteiger partial charge in [-0.25, -0.2) is 4.98 Å². The Morgan fingerprint density at radius 2 is 1.59 bits per heavy atom. The number of amides is 1. The molecule has 0 unspecified atom stereocenters. The van der Waals surface area contributed by atoms with Crippen LogP contribution >= 0.6 is 0 Å². The van der Waals surface area contributed by atoms with Gasteiger partial charge in [-0.05, 0) is 55.0 Å². The van der Waals surface area contributed by atoms with Gasteiger partial charge in [-0.1, -0.05) is 6.07 Å². The number of benzene rings is 2. The van der Waals surface area contributed by atoms with Crippen molar-refractivity contribution in [1.82, 2.24) is 4.98 Å². The number of hydrogen-bond acceptors (Lipinski definition) is 6. The third-order valence-electron chi connectivity index (χ3n) is 4.28. The van der Waals surface area contributed by atoms with E-state index in [-0.39, 0.29) is 5.91 Å². The predicted molar refractivity (Wildman–Crippen MR) is 113 cm³/mol. The fourth-order valence-corrected chi connectivity index (χ4v) is 2.78. The molecule has 7 nitrogen and oxygen atoms in total. The van der Waals surface area contributed by atoms with Crippen molar-refractivity contribution in [2.24, 2.45) is 0 Å². The quantitative estimate of drug-likeness (QED) is 0.619. The Labute approximate surface area is 169 Å². The van der Waals surface area contributed by atoms with Crippen LogP contribution in [-0.2, 0) is 0 Å². The van der Waals surface area contributed by atoms with Crippen LogP contribution in [0.25, 0.3) is 0 Å². The number of ether oxygens (including phenoxy) is 3. The zero-order chi connectivity index (χ0) is 20.8. The maximum Gasteiger partial charge on any atom is 0.256 e. The molecule has 3 rings (SSSR count). The van der Waals surface area contributed by atoms with Crippen LogP contribution in [0.3, 0.4) is 0 Å². The number of rotatable bonds is 7. The van der Waals surface area contributed by atoms with E-state index < -0.39 is 0 Å². The zero-order valence-corrected chi connectivity index (χ0v) is 16.8. The van der Waals surface area contributed by atoms with Gasteiger partial charge in [0, 0.05) is 5.56 Å². The molecule has 0 aliphatic heterocycles. The van der Waals surface area contributed by atoms with Crippen molar-refractivity contribution in [2.75, 3.05) is 32.0 Å². The highest BCUT2D eigenvalue weighted by Gasteiger charge is 2.12. The fourth-order valence-electron chi connectivity index (χ4n) is 2.78. The minimum Gasteiger partial charge on any atom is -0.495 e. The average molecular weight is 393 g/mol. The minimum absolute atomic E-state index is 0.292. The highest BCUT2D eigenvalue weighted by atomic mass is 16.5. The van der Waals surface area contributed by atoms with E-state index in [4.69, 9.17) is 14.2 Å². The number of aromatic nitrogens is 1. The average Bonchev–Trinajstić information content (AvgIpc) is 2.74. The van der Waals surface area contributed by atoms with Gasteiger partial charge in [-0.15, -0.1) is 0 Å². The van der Waals surface area contributed by atoms with Crippen LogP contribution in [0.1, 0.15) is 15.9 Å². The first-order valence-corrected chi connectivity index (χ1v) is 8.95. The van der Waals surface area contributed by atoms with Gasteiger partial charge in [-0.3, -0.25) is 4.79 Å². The zero-order valence-electron chi connectivity index (χ0n) is 16.8. The number of pyridine rings is 1. The van der Waals surface area contributed by atoms with Crippen LogP contribution in [0.2, 0.25) is 0 Å². The summed E-state index contributed by atoms with van der Waals surface area (Å²) in [6, 6.07) is 14.4. The smallest absolute Gasteiger partial charge is 0.256 e. The van der Waals surface area contributed by atoms with Crippen LogP contribution in [-0.4, -0.2) is 32.2 Å². The number of carbonyl (C=O) groups excluding carboxylic acids is 1. The minimum atomic E-state index is -0.292. The summed E-state index contributed by atoms with van der Waals surface area (Å²) in [5.74, 6) is 1.93. The second kappa shape index (κ2) is 8.97. The van der Waals surface area contributed by atoms with Crippen LogP contribution in [0.4, 0.5) is 17.2 Å². The Kier molecular flexibility index (Phi) is 6.19. The SMILES string of the molecule is COc1ccc(C)cc1Nc1ccc(NC(=O)c2ccc(OC)c(OC)c2)nc1. The van der Waals surface area contributed by atoms with E-state index in [2.05, 4.69) is 15.6 Å². The molecule has 0 radical (unpaired) electrons. The summed E-state index contributed by atoms with van der Waals surface area (Å²) in [6.07, 6.45) is 1.64. The molecule has 0 spiro atoms. The standard InChI is InChI=1S/C22H23N3O4/c1-14-5-8-18(27-2)17(11-14)24-16-7-10-21(23-13-16)25-22(26)15-6-9-19(28-3)20(12-15)29-4/h5-13,24H,1-4H3,(H,23,25,26). The topological polar surface area (TPSA) is 81.7 Å². The monoisotopic (exact) mass is 393 g/mol. The molecule has 1 amide bonds. The molecule has 0 atom stereocenters. The lowest BCUT2D eigenvalue weighted by atomic mass is 10.2. The molecule has 0 saturated carbocycles. The summed E-state index contributed by atoms with van der Waals surface area (Å²) >= 11 is 0. The summed E-state index contributed by atoms with van der Waals surface area (Å²) in [4.78, 5) is 16.8. The second-order valence-corrected chi connectivity index (χ2v) is 6.28. The molecule has 0 saturated heterocycles. The first-order chi connectivity index (χ1) is 14.0. The molecular formula is C22H23N3O4. The van der Waals surface area contributed by atoms with Crippen molar-refractivity contribution < 1.29 is 19.0 Å². The van der Waals surface area contributed by atoms with E-state index in [0.717, 1.165) is 22.7 Å². The van der Waals surface area contributed by atoms with Gasteiger partial charge >= 0.3 is 0 Å². The van der Waals surface area contributed by atoms with Gasteiger partial charge in [0.2, 0.25) is 0 Å². The lowest BCUT2D eigenvalue weighted by Crippen LogP contribution is -2.13. The highest BCUT2D eigenvalue weighted by molar-refractivity contribution is 6.04. The first-order valence-electron chi connectivity index (χ1n) is 8.95. The van der Waals surface area contributed by atoms with Crippen molar-refractivity contribution in [3.8, 4) is 17.2 Å². The number of methoxy groups -OCH3 is 3. The molecule has 1 heterocycles. The number of hydrogen-bond donors (Lipinski definition) is 2. The van der Waals surface area contributed by atoms with Crippen molar-refractivity contribution >= 4 is 23.1 Å². The largest absolute Gasteiger partial charge is 0.495 e. The normalized spacial score (nSPS) is 10.2. The summed E-state index contributed by atoms with van der Waals surface area (Å²) in [5, 5.41) is 6.04. The van der Waals surface area contributed by atoms with E-state index in [1.807, 2.05) is 31.2 Å². The lowest BCUT2D eigenvalue weighted by molar-refractivity contribution is 0.102. The molecule has 1 aromatic heterocycles. The van der Waals surface area contributed by atoms with Gasteiger partial charge < -0.3 is 24.8 Å². The van der Waals surface area contributed by atoms with E-state index in [9.17, 15) is 4.79 Å². The van der Waals surface area contributed by atoms with E-state index in [1.54, 1.807) is 44.7 Å². The Morgan fingerprint density at radius 3 is 2.24 bits per heavy atom. The van der Waals surface area contributed by atoms with Crippen LogP contribution in [0.5, 0.6) is 17.2 Å². The van der Waals surface area contributed by atoms with Crippen LogP contribution in [0, 0.1) is 6.92 Å². The maximum absolute atomic E-state index is 12.5. The molecule has 2 aromatic carbocycles. The molecule has 2 N–H and O–H groups in total. The van der Waals surface area contributed by atoms with E-state index in [0.29, 0.717) is 22.9 Å². The molecule has 3 aromatic rings. The lowest BCUT2D eigenvalue weighted by Gasteiger charge is -2.12. The number of nitrogens with one attached hydrogen (secondary N) is 2. The summed E-state index contributed by atoms with van der Waals surface area (Å²) in [7, 11) is 4.69. The van der Waals surface area contributed by atoms with E-state index in [1.165, 1.54) is 7.11 Å². The molecule has 29 heavy (non-hydrogen) atoms. The van der Waals surface area contributed by atoms with Crippen molar-refractivity contribution in [3.63, 3.8) is 0 Å². The molecule has 0 bridgehead atoms. The number of aryl methyl sites for hydroxylation is 1. The third-order valence-corrected chi connectivity index (χ3v) is 4.28. The predicted octanol–water partition coefficient (Wildman–Crippen LogP) is 4.41. The Bertz CT molecular complexity index is 1000. The van der Waals surface area contributed by atoms with Crippen LogP contribution < -0.4 is 24.8 Å². The molecule has 150 valence electrons. The van der Waals surface area contributed by atoms with Crippen LogP contribution in [0.15, 0.2) is 54.7 Å². The molecule has 0 aliphatic carbocycles. The van der Waals surface area contributed by atoms with Crippen molar-refractivity contribution in [1.29, 1.82) is 0 Å². The molecular weight excluding hydrogens is 370 g/mol. The van der Waals surface area contributed by atoms with Gasteiger partial charge in [0.1, 0.15) is 11.6 Å². The molecule has 7 heteroatoms. The van der Waals surface area contributed by atoms with Gasteiger partial charge in [0.15, 0.2) is 11.5 Å². The highest BCUT2D eigenvalue weighted by Crippen LogP contribution is 2.29. The second-order valence-electron chi connectivity index (χ2n) is 6.28. The number of carbonyl (C=O) groups is 1. The van der Waals surface area contributed by atoms with Crippen molar-refractivity contribution in [3.05, 3.63) is 65.9 Å². The molecule has 0 fully saturated rings. The fraction of sp³-hybridized carbons (Fsp3) is 0.182. The van der Waals surface area contributed by atoms with Gasteiger partial charge in [0.05, 0.1) is 38.9 Å². The summed E-state index contributed by atoms with van der Waals surface area (Å²) < 4.78 is 15.8. The first kappa shape index (κ1) is 20.0. The van der Waals surface area contributed by atoms with Crippen molar-refractivity contribution in [2.45, 2.75) is 6.92 Å². The summed E-state index contributed by atoms with van der Waals surface area (Å²) in [6.45, 7) is 2.01. The maximum atomic E-state index is 12.5.